The molecule has 0 aromatic heterocycles. The molecule has 4 atom stereocenters. The van der Waals surface area contributed by atoms with Gasteiger partial charge in [-0.1, -0.05) is 38.5 Å². The Morgan fingerprint density at radius 3 is 2.11 bits per heavy atom. The molecule has 0 radical (unpaired) electrons. The van der Waals surface area contributed by atoms with Crippen LogP contribution >= 0.6 is 0 Å². The predicted molar refractivity (Wildman–Crippen MR) is 106 cm³/mol. The lowest BCUT2D eigenvalue weighted by atomic mass is 9.81. The highest BCUT2D eigenvalue weighted by Crippen LogP contribution is 2.40. The molecule has 0 aromatic rings. The summed E-state index contributed by atoms with van der Waals surface area (Å²) in [6, 6.07) is 0.386. The number of piperazine rings is 1. The van der Waals surface area contributed by atoms with E-state index >= 15 is 0 Å². The first-order valence-electron chi connectivity index (χ1n) is 11.9. The molecule has 5 fully saturated rings. The van der Waals surface area contributed by atoms with Crippen LogP contribution in [0, 0.1) is 11.8 Å². The maximum absolute atomic E-state index is 9.94. The maximum Gasteiger partial charge on any atom is 0.255 e. The summed E-state index contributed by atoms with van der Waals surface area (Å²) in [6.45, 7) is 5.58. The molecule has 0 aromatic carbocycles. The molecule has 2 saturated carbocycles. The van der Waals surface area contributed by atoms with E-state index in [0.29, 0.717) is 12.0 Å². The van der Waals surface area contributed by atoms with Crippen molar-refractivity contribution in [3.8, 4) is 0 Å². The minimum absolute atomic E-state index is 0.0309. The molecule has 4 unspecified atom stereocenters. The third-order valence-corrected chi connectivity index (χ3v) is 7.85. The Balaban J connectivity index is 1.14. The number of nitrogens with zero attached hydrogens (tertiary/aromatic N) is 2. The van der Waals surface area contributed by atoms with Gasteiger partial charge in [-0.25, -0.2) is 4.90 Å². The first kappa shape index (κ1) is 19.7. The number of aliphatic hydroxyl groups is 1. The molecule has 3 aliphatic heterocycles. The fourth-order valence-corrected chi connectivity index (χ4v) is 6.00. The van der Waals surface area contributed by atoms with E-state index in [1.807, 2.05) is 0 Å². The lowest BCUT2D eigenvalue weighted by molar-refractivity contribution is -0.171. The summed E-state index contributed by atoms with van der Waals surface area (Å²) in [5.41, 5.74) is 0. The number of rotatable bonds is 7. The smallest absolute Gasteiger partial charge is 0.255 e. The molecule has 6 heteroatoms. The molecule has 0 amide bonds. The molecule has 0 bridgehead atoms. The van der Waals surface area contributed by atoms with E-state index in [4.69, 9.17) is 14.2 Å². The predicted octanol–water partition coefficient (Wildman–Crippen LogP) is 2.55. The van der Waals surface area contributed by atoms with Gasteiger partial charge in [-0.2, -0.15) is 0 Å². The fourth-order valence-electron chi connectivity index (χ4n) is 6.00. The van der Waals surface area contributed by atoms with Crippen molar-refractivity contribution in [1.82, 2.24) is 9.80 Å². The van der Waals surface area contributed by atoms with Gasteiger partial charge in [0.25, 0.3) is 5.91 Å². The Bertz CT molecular complexity index is 509. The van der Waals surface area contributed by atoms with Gasteiger partial charge in [-0.3, -0.25) is 4.90 Å². The average Bonchev–Trinajstić information content (AvgIpc) is 3.68. The summed E-state index contributed by atoms with van der Waals surface area (Å²) in [7, 11) is 0. The molecule has 28 heavy (non-hydrogen) atoms. The Labute approximate surface area is 169 Å². The molecule has 6 nitrogen and oxygen atoms in total. The number of hydrogen-bond donors (Lipinski definition) is 1. The van der Waals surface area contributed by atoms with E-state index in [9.17, 15) is 5.11 Å². The van der Waals surface area contributed by atoms with Crippen LogP contribution in [-0.4, -0.2) is 78.6 Å². The third kappa shape index (κ3) is 4.28. The number of aliphatic hydroxyl groups excluding tert-OH is 1. The van der Waals surface area contributed by atoms with Gasteiger partial charge in [0.2, 0.25) is 0 Å². The second-order valence-corrected chi connectivity index (χ2v) is 9.72. The van der Waals surface area contributed by atoms with Crippen LogP contribution in [0.1, 0.15) is 64.2 Å². The highest BCUT2D eigenvalue weighted by atomic mass is 16.8. The Morgan fingerprint density at radius 1 is 0.929 bits per heavy atom. The summed E-state index contributed by atoms with van der Waals surface area (Å²) in [4.78, 5) is 5.00. The van der Waals surface area contributed by atoms with Crippen LogP contribution in [0.3, 0.4) is 0 Å². The lowest BCUT2D eigenvalue weighted by Crippen LogP contribution is -2.58. The van der Waals surface area contributed by atoms with Crippen LogP contribution < -0.4 is 0 Å². The summed E-state index contributed by atoms with van der Waals surface area (Å²) in [5.74, 6) is 0.968. The fraction of sp³-hybridized carbons (Fsp3) is 1.00. The molecule has 5 rings (SSSR count). The van der Waals surface area contributed by atoms with Crippen molar-refractivity contribution in [2.75, 3.05) is 39.4 Å². The van der Waals surface area contributed by atoms with Crippen molar-refractivity contribution in [3.05, 3.63) is 0 Å². The summed E-state index contributed by atoms with van der Waals surface area (Å²) in [6.07, 6.45) is 12.8. The Hall–Kier alpha value is -0.240. The average molecular weight is 395 g/mol. The molecule has 3 saturated heterocycles. The van der Waals surface area contributed by atoms with Crippen molar-refractivity contribution in [3.63, 3.8) is 0 Å². The highest BCUT2D eigenvalue weighted by Gasteiger charge is 2.55. The molecular weight excluding hydrogens is 356 g/mol. The van der Waals surface area contributed by atoms with Crippen LogP contribution in [0.15, 0.2) is 0 Å². The van der Waals surface area contributed by atoms with Gasteiger partial charge in [0.15, 0.2) is 6.29 Å². The number of epoxide rings is 2. The van der Waals surface area contributed by atoms with Crippen molar-refractivity contribution in [2.24, 2.45) is 11.8 Å². The highest BCUT2D eigenvalue weighted by molar-refractivity contribution is 4.98. The molecular formula is C22H38N2O4. The van der Waals surface area contributed by atoms with Gasteiger partial charge in [-0.05, 0) is 37.5 Å². The quantitative estimate of drug-likeness (QED) is 0.670. The summed E-state index contributed by atoms with van der Waals surface area (Å²) in [5, 5.41) is 9.94. The van der Waals surface area contributed by atoms with E-state index < -0.39 is 12.2 Å². The standard InChI is InChI=1S/C22H38N2O4/c25-21-20(28-21)19(18-9-5-2-6-10-18)23-11-13-24(14-12-23)22(16-27-22)26-15-17-7-3-1-4-8-17/h17-21,25H,1-16H2. The van der Waals surface area contributed by atoms with E-state index in [1.165, 1.54) is 64.2 Å². The largest absolute Gasteiger partial charge is 0.366 e. The van der Waals surface area contributed by atoms with E-state index in [1.54, 1.807) is 0 Å². The van der Waals surface area contributed by atoms with Gasteiger partial charge in [-0.15, -0.1) is 0 Å². The first-order chi connectivity index (χ1) is 13.8. The van der Waals surface area contributed by atoms with Gasteiger partial charge in [0.1, 0.15) is 12.7 Å². The van der Waals surface area contributed by atoms with E-state index in [-0.39, 0.29) is 6.10 Å². The summed E-state index contributed by atoms with van der Waals surface area (Å²) < 4.78 is 17.7. The molecule has 0 spiro atoms. The van der Waals surface area contributed by atoms with Crippen LogP contribution in [0.4, 0.5) is 0 Å². The van der Waals surface area contributed by atoms with Gasteiger partial charge < -0.3 is 19.3 Å². The summed E-state index contributed by atoms with van der Waals surface area (Å²) >= 11 is 0. The number of ether oxygens (including phenoxy) is 3. The van der Waals surface area contributed by atoms with Crippen molar-refractivity contribution >= 4 is 0 Å². The zero-order chi connectivity index (χ0) is 19.0. The van der Waals surface area contributed by atoms with Crippen LogP contribution in [0.2, 0.25) is 0 Å². The molecule has 5 aliphatic rings. The minimum Gasteiger partial charge on any atom is -0.366 e. The molecule has 160 valence electrons. The Morgan fingerprint density at radius 2 is 1.54 bits per heavy atom. The third-order valence-electron chi connectivity index (χ3n) is 7.85. The Kier molecular flexibility index (Phi) is 5.97. The normalized spacial score (nSPS) is 39.8. The lowest BCUT2D eigenvalue weighted by Gasteiger charge is -2.44. The van der Waals surface area contributed by atoms with Crippen LogP contribution in [0.5, 0.6) is 0 Å². The van der Waals surface area contributed by atoms with Crippen molar-refractivity contribution in [1.29, 1.82) is 0 Å². The molecule has 2 aliphatic carbocycles. The zero-order valence-corrected chi connectivity index (χ0v) is 17.3. The monoisotopic (exact) mass is 394 g/mol. The maximum atomic E-state index is 9.94. The second kappa shape index (κ2) is 8.48. The molecule has 3 heterocycles. The number of hydrogen-bond acceptors (Lipinski definition) is 6. The van der Waals surface area contributed by atoms with Gasteiger partial charge >= 0.3 is 0 Å². The van der Waals surface area contributed by atoms with Crippen LogP contribution in [0.25, 0.3) is 0 Å². The van der Waals surface area contributed by atoms with Crippen molar-refractivity contribution in [2.45, 2.75) is 88.6 Å². The van der Waals surface area contributed by atoms with E-state index in [2.05, 4.69) is 9.80 Å². The van der Waals surface area contributed by atoms with Gasteiger partial charge in [0.05, 0.1) is 6.61 Å². The van der Waals surface area contributed by atoms with Crippen LogP contribution in [-0.2, 0) is 14.2 Å². The van der Waals surface area contributed by atoms with Gasteiger partial charge in [0, 0.05) is 32.2 Å². The first-order valence-corrected chi connectivity index (χ1v) is 11.9. The van der Waals surface area contributed by atoms with E-state index in [0.717, 1.165) is 45.3 Å². The second-order valence-electron chi connectivity index (χ2n) is 9.72. The molecule has 1 N–H and O–H groups in total. The topological polar surface area (TPSA) is 61.0 Å². The SMILES string of the molecule is OC1OC1C(C1CCCCC1)N1CCN(C2(OCC3CCCCC3)CO2)CC1. The zero-order valence-electron chi connectivity index (χ0n) is 17.3. The van der Waals surface area contributed by atoms with Crippen molar-refractivity contribution < 1.29 is 19.3 Å². The minimum atomic E-state index is -0.540.